The molecule has 1 saturated carbocycles. The Labute approximate surface area is 105 Å². The van der Waals surface area contributed by atoms with E-state index in [4.69, 9.17) is 0 Å². The third kappa shape index (κ3) is 2.61. The number of rotatable bonds is 3. The summed E-state index contributed by atoms with van der Waals surface area (Å²) in [5.41, 5.74) is 2.86. The summed E-state index contributed by atoms with van der Waals surface area (Å²) in [6.07, 6.45) is 7.35. The molecule has 7 heteroatoms. The molecular weight excluding hydrogens is 232 g/mol. The Morgan fingerprint density at radius 2 is 2.06 bits per heavy atom. The maximum Gasteiger partial charge on any atom is 0.334 e. The number of piperidine rings is 1. The predicted molar refractivity (Wildman–Crippen MR) is 65.9 cm³/mol. The fourth-order valence-corrected chi connectivity index (χ4v) is 2.22. The molecule has 1 saturated heterocycles. The topological polar surface area (TPSA) is 75.1 Å². The van der Waals surface area contributed by atoms with Crippen LogP contribution in [0.4, 0.5) is 10.6 Å². The van der Waals surface area contributed by atoms with Crippen molar-refractivity contribution in [3.8, 4) is 0 Å². The third-order valence-electron chi connectivity index (χ3n) is 3.32. The molecule has 0 aromatic carbocycles. The lowest BCUT2D eigenvalue weighted by Crippen LogP contribution is -2.47. The van der Waals surface area contributed by atoms with E-state index in [2.05, 4.69) is 21.1 Å². The van der Waals surface area contributed by atoms with Crippen molar-refractivity contribution < 1.29 is 4.79 Å². The van der Waals surface area contributed by atoms with Crippen molar-refractivity contribution in [1.29, 1.82) is 0 Å². The number of carbonyl (C=O) groups excluding carboxylic acids is 1. The van der Waals surface area contributed by atoms with Crippen LogP contribution in [0.2, 0.25) is 0 Å². The zero-order valence-corrected chi connectivity index (χ0v) is 10.3. The maximum absolute atomic E-state index is 11.8. The standard InChI is InChI=1S/C11H18N6O/c18-11(14-16-6-2-1-3-7-16)13-10-8-12-15-17(10)9-4-5-9/h8-9H,1-7H2,(H2,13,14,18). The number of hydrogen-bond acceptors (Lipinski definition) is 4. The van der Waals surface area contributed by atoms with Crippen molar-refractivity contribution >= 4 is 11.8 Å². The van der Waals surface area contributed by atoms with Crippen molar-refractivity contribution in [1.82, 2.24) is 25.4 Å². The lowest BCUT2D eigenvalue weighted by Gasteiger charge is -2.26. The van der Waals surface area contributed by atoms with Gasteiger partial charge in [0.1, 0.15) is 0 Å². The molecule has 0 radical (unpaired) electrons. The normalized spacial score (nSPS) is 20.7. The molecule has 98 valence electrons. The Morgan fingerprint density at radius 3 is 2.78 bits per heavy atom. The van der Waals surface area contributed by atoms with Gasteiger partial charge in [-0.1, -0.05) is 11.6 Å². The molecule has 1 aliphatic carbocycles. The van der Waals surface area contributed by atoms with Gasteiger partial charge in [0.2, 0.25) is 0 Å². The van der Waals surface area contributed by atoms with Crippen LogP contribution in [0.3, 0.4) is 0 Å². The highest BCUT2D eigenvalue weighted by Crippen LogP contribution is 2.35. The zero-order chi connectivity index (χ0) is 12.4. The Bertz CT molecular complexity index is 421. The summed E-state index contributed by atoms with van der Waals surface area (Å²) in [5, 5.41) is 12.6. The van der Waals surface area contributed by atoms with E-state index in [9.17, 15) is 4.79 Å². The van der Waals surface area contributed by atoms with E-state index in [-0.39, 0.29) is 6.03 Å². The minimum Gasteiger partial charge on any atom is -0.290 e. The quantitative estimate of drug-likeness (QED) is 0.843. The molecule has 2 aliphatic rings. The maximum atomic E-state index is 11.8. The first kappa shape index (κ1) is 11.5. The van der Waals surface area contributed by atoms with Crippen LogP contribution < -0.4 is 10.7 Å². The minimum absolute atomic E-state index is 0.207. The van der Waals surface area contributed by atoms with E-state index in [1.807, 2.05) is 5.01 Å². The summed E-state index contributed by atoms with van der Waals surface area (Å²) in [7, 11) is 0. The van der Waals surface area contributed by atoms with E-state index in [1.54, 1.807) is 10.9 Å². The first-order valence-electron chi connectivity index (χ1n) is 6.56. The molecule has 2 amide bonds. The Hall–Kier alpha value is -1.63. The monoisotopic (exact) mass is 250 g/mol. The van der Waals surface area contributed by atoms with Crippen LogP contribution in [0.5, 0.6) is 0 Å². The average molecular weight is 250 g/mol. The Morgan fingerprint density at radius 1 is 1.28 bits per heavy atom. The second kappa shape index (κ2) is 4.93. The van der Waals surface area contributed by atoms with Crippen LogP contribution >= 0.6 is 0 Å². The SMILES string of the molecule is O=C(Nc1cnnn1C1CC1)NN1CCCCC1. The number of nitrogens with one attached hydrogen (secondary N) is 2. The van der Waals surface area contributed by atoms with Crippen molar-refractivity contribution in [2.45, 2.75) is 38.1 Å². The molecule has 2 N–H and O–H groups in total. The molecule has 2 heterocycles. The molecule has 0 spiro atoms. The molecule has 3 rings (SSSR count). The van der Waals surface area contributed by atoms with Gasteiger partial charge in [-0.05, 0) is 25.7 Å². The van der Waals surface area contributed by atoms with E-state index in [1.165, 1.54) is 6.42 Å². The number of urea groups is 1. The van der Waals surface area contributed by atoms with Crippen LogP contribution in [0.25, 0.3) is 0 Å². The lowest BCUT2D eigenvalue weighted by molar-refractivity contribution is 0.162. The number of aromatic nitrogens is 3. The summed E-state index contributed by atoms with van der Waals surface area (Å²) in [6.45, 7) is 1.85. The second-order valence-corrected chi connectivity index (χ2v) is 4.91. The van der Waals surface area contributed by atoms with Gasteiger partial charge in [-0.2, -0.15) is 0 Å². The molecule has 1 aliphatic heterocycles. The van der Waals surface area contributed by atoms with Crippen LogP contribution in [0, 0.1) is 0 Å². The number of carbonyl (C=O) groups is 1. The Kier molecular flexibility index (Phi) is 3.14. The molecule has 1 aromatic rings. The summed E-state index contributed by atoms with van der Waals surface area (Å²) in [4.78, 5) is 11.8. The number of anilines is 1. The van der Waals surface area contributed by atoms with Crippen molar-refractivity contribution in [2.24, 2.45) is 0 Å². The summed E-state index contributed by atoms with van der Waals surface area (Å²) in [6, 6.07) is 0.207. The third-order valence-corrected chi connectivity index (χ3v) is 3.32. The van der Waals surface area contributed by atoms with E-state index in [0.29, 0.717) is 11.9 Å². The predicted octanol–water partition coefficient (Wildman–Crippen LogP) is 1.14. The molecule has 0 atom stereocenters. The molecule has 2 fully saturated rings. The van der Waals surface area contributed by atoms with Gasteiger partial charge in [-0.15, -0.1) is 5.10 Å². The highest BCUT2D eigenvalue weighted by Gasteiger charge is 2.27. The minimum atomic E-state index is -0.207. The molecule has 7 nitrogen and oxygen atoms in total. The fourth-order valence-electron chi connectivity index (χ4n) is 2.22. The van der Waals surface area contributed by atoms with Gasteiger partial charge >= 0.3 is 6.03 Å². The number of hydrogen-bond donors (Lipinski definition) is 2. The molecule has 0 unspecified atom stereocenters. The molecule has 18 heavy (non-hydrogen) atoms. The van der Waals surface area contributed by atoms with Gasteiger partial charge in [0, 0.05) is 13.1 Å². The van der Waals surface area contributed by atoms with Crippen LogP contribution in [-0.2, 0) is 0 Å². The van der Waals surface area contributed by atoms with Crippen LogP contribution in [-0.4, -0.2) is 39.1 Å². The number of nitrogens with zero attached hydrogens (tertiary/aromatic N) is 4. The van der Waals surface area contributed by atoms with Crippen LogP contribution in [0.1, 0.15) is 38.1 Å². The molecular formula is C11H18N6O. The Balaban J connectivity index is 1.54. The van der Waals surface area contributed by atoms with Crippen molar-refractivity contribution in [3.63, 3.8) is 0 Å². The fraction of sp³-hybridized carbons (Fsp3) is 0.727. The molecule has 1 aromatic heterocycles. The lowest BCUT2D eigenvalue weighted by atomic mass is 10.2. The van der Waals surface area contributed by atoms with Gasteiger partial charge in [-0.25, -0.2) is 14.5 Å². The molecule has 0 bridgehead atoms. The number of hydrazine groups is 1. The highest BCUT2D eigenvalue weighted by atomic mass is 16.2. The van der Waals surface area contributed by atoms with E-state index in [0.717, 1.165) is 38.8 Å². The van der Waals surface area contributed by atoms with Gasteiger partial charge in [-0.3, -0.25) is 10.7 Å². The van der Waals surface area contributed by atoms with E-state index < -0.39 is 0 Å². The average Bonchev–Trinajstić information content (AvgIpc) is 3.12. The second-order valence-electron chi connectivity index (χ2n) is 4.91. The summed E-state index contributed by atoms with van der Waals surface area (Å²) >= 11 is 0. The number of amides is 2. The summed E-state index contributed by atoms with van der Waals surface area (Å²) < 4.78 is 1.79. The largest absolute Gasteiger partial charge is 0.334 e. The van der Waals surface area contributed by atoms with Crippen LogP contribution in [0.15, 0.2) is 6.20 Å². The van der Waals surface area contributed by atoms with E-state index >= 15 is 0 Å². The van der Waals surface area contributed by atoms with Gasteiger partial charge in [0.25, 0.3) is 0 Å². The van der Waals surface area contributed by atoms with Crippen molar-refractivity contribution in [3.05, 3.63) is 6.20 Å². The first-order valence-corrected chi connectivity index (χ1v) is 6.56. The van der Waals surface area contributed by atoms with Crippen molar-refractivity contribution in [2.75, 3.05) is 18.4 Å². The first-order chi connectivity index (χ1) is 8.83. The smallest absolute Gasteiger partial charge is 0.290 e. The van der Waals surface area contributed by atoms with Gasteiger partial charge in [0.15, 0.2) is 5.82 Å². The summed E-state index contributed by atoms with van der Waals surface area (Å²) in [5.74, 6) is 0.673. The van der Waals surface area contributed by atoms with Gasteiger partial charge in [0.05, 0.1) is 12.2 Å². The highest BCUT2D eigenvalue weighted by molar-refractivity contribution is 5.87. The zero-order valence-electron chi connectivity index (χ0n) is 10.3. The van der Waals surface area contributed by atoms with Gasteiger partial charge < -0.3 is 0 Å².